The molecule has 1 spiro atoms. The molecule has 14 atom stereocenters. The van der Waals surface area contributed by atoms with Gasteiger partial charge in [-0.1, -0.05) is 40.7 Å². The van der Waals surface area contributed by atoms with Crippen LogP contribution in [0.3, 0.4) is 0 Å². The van der Waals surface area contributed by atoms with Crippen LogP contribution in [0.1, 0.15) is 92.7 Å². The molecule has 1 aromatic heterocycles. The predicted molar refractivity (Wildman–Crippen MR) is 179 cm³/mol. The van der Waals surface area contributed by atoms with Crippen LogP contribution in [0.5, 0.6) is 0 Å². The van der Waals surface area contributed by atoms with Crippen molar-refractivity contribution in [3.8, 4) is 0 Å². The topological polar surface area (TPSA) is 186 Å². The number of carbonyl (C=O) groups is 4. The number of esters is 4. The van der Waals surface area contributed by atoms with E-state index in [0.717, 1.165) is 14.0 Å². The first-order valence-corrected chi connectivity index (χ1v) is 18.4. The van der Waals surface area contributed by atoms with Gasteiger partial charge in [-0.15, -0.1) is 0 Å². The van der Waals surface area contributed by atoms with Crippen molar-refractivity contribution in [1.29, 1.82) is 0 Å². The van der Waals surface area contributed by atoms with Gasteiger partial charge in [0, 0.05) is 52.2 Å². The van der Waals surface area contributed by atoms with E-state index in [0.29, 0.717) is 24.0 Å². The van der Waals surface area contributed by atoms with Crippen LogP contribution in [0.25, 0.3) is 0 Å². The molecule has 14 nitrogen and oxygen atoms in total. The quantitative estimate of drug-likeness (QED) is 0.223. The standard InChI is InChI=1S/C39H48O14/c1-10-19(3)28(42)50-30-33(7)18-35(44)34(8,26(33)25(29(43)46-9)48-21(5)40)36-14-13-32(6)23(16-24(41)49-27(32)22-12-15-47-17-22)38(36)31(37(30,35)45)51-39(52-36,53-38)20(4)11-2/h10,12,15-17,20,25-27,30-31,44-45H,11,13-14,18H2,1-9H3/b19-10+/t20-,25+,26+,27+,30+,31-,32-,33-,34-,35-,36+,37+,38-,39+/m1/s1. The van der Waals surface area contributed by atoms with Gasteiger partial charge in [0.1, 0.15) is 29.5 Å². The van der Waals surface area contributed by atoms with E-state index in [1.54, 1.807) is 39.8 Å². The van der Waals surface area contributed by atoms with Crippen LogP contribution in [0.4, 0.5) is 0 Å². The molecule has 0 amide bonds. The van der Waals surface area contributed by atoms with Gasteiger partial charge in [-0.3, -0.25) is 4.79 Å². The van der Waals surface area contributed by atoms with Gasteiger partial charge >= 0.3 is 23.9 Å². The number of ether oxygens (including phenoxy) is 7. The molecule has 2 N–H and O–H groups in total. The molecule has 4 saturated carbocycles. The minimum atomic E-state index is -2.44. The van der Waals surface area contributed by atoms with Crippen LogP contribution in [0.2, 0.25) is 0 Å². The van der Waals surface area contributed by atoms with Crippen molar-refractivity contribution in [3.63, 3.8) is 0 Å². The van der Waals surface area contributed by atoms with Gasteiger partial charge in [-0.05, 0) is 51.2 Å². The fourth-order valence-electron chi connectivity index (χ4n) is 12.3. The molecule has 53 heavy (non-hydrogen) atoms. The summed E-state index contributed by atoms with van der Waals surface area (Å²) < 4.78 is 50.3. The smallest absolute Gasteiger partial charge is 0.347 e. The van der Waals surface area contributed by atoms with Gasteiger partial charge in [-0.2, -0.15) is 0 Å². The summed E-state index contributed by atoms with van der Waals surface area (Å²) in [7, 11) is 1.16. The highest BCUT2D eigenvalue weighted by Gasteiger charge is 3.03. The van der Waals surface area contributed by atoms with Gasteiger partial charge in [0.15, 0.2) is 11.2 Å². The van der Waals surface area contributed by atoms with Crippen molar-refractivity contribution in [2.24, 2.45) is 28.1 Å². The van der Waals surface area contributed by atoms with Gasteiger partial charge in [0.2, 0.25) is 6.10 Å². The molecule has 0 radical (unpaired) electrons. The molecule has 8 rings (SSSR count). The number of cyclic esters (lactones) is 1. The second kappa shape index (κ2) is 10.8. The number of carbonyl (C=O) groups excluding carboxylic acids is 4. The zero-order valence-corrected chi connectivity index (χ0v) is 31.5. The Balaban J connectivity index is 1.47. The molecule has 0 aromatic carbocycles. The largest absolute Gasteiger partial charge is 0.472 e. The number of aliphatic hydroxyl groups is 2. The lowest BCUT2D eigenvalue weighted by Gasteiger charge is -2.75. The fourth-order valence-corrected chi connectivity index (χ4v) is 12.3. The second-order valence-corrected chi connectivity index (χ2v) is 16.9. The summed E-state index contributed by atoms with van der Waals surface area (Å²) in [5.41, 5.74) is -11.1. The average Bonchev–Trinajstić information content (AvgIpc) is 3.90. The van der Waals surface area contributed by atoms with Crippen molar-refractivity contribution < 1.29 is 67.0 Å². The van der Waals surface area contributed by atoms with E-state index in [1.807, 2.05) is 20.8 Å². The lowest BCUT2D eigenvalue weighted by atomic mass is 9.34. The first-order chi connectivity index (χ1) is 24.8. The van der Waals surface area contributed by atoms with E-state index in [1.165, 1.54) is 18.6 Å². The van der Waals surface area contributed by atoms with Gasteiger partial charge < -0.3 is 47.8 Å². The van der Waals surface area contributed by atoms with E-state index in [9.17, 15) is 29.4 Å². The van der Waals surface area contributed by atoms with Crippen molar-refractivity contribution in [2.45, 2.75) is 134 Å². The Morgan fingerprint density at radius 3 is 2.43 bits per heavy atom. The molecular weight excluding hydrogens is 692 g/mol. The molecular formula is C39H48O14. The monoisotopic (exact) mass is 740 g/mol. The average molecular weight is 741 g/mol. The van der Waals surface area contributed by atoms with Crippen LogP contribution in [0, 0.1) is 28.1 Å². The lowest BCUT2D eigenvalue weighted by Crippen LogP contribution is -2.92. The fraction of sp³-hybridized carbons (Fsp3) is 0.692. The summed E-state index contributed by atoms with van der Waals surface area (Å²) in [6.07, 6.45) is 1.11. The molecule has 4 bridgehead atoms. The third kappa shape index (κ3) is 3.73. The molecule has 2 saturated heterocycles. The SMILES string of the molecule is C/C=C(\C)C(=O)O[C@H]1[C@]2(C)C[C@]3(O)[C@@]1(O)[C@H]1O[C@@]4([C@H](C)CC)O[C@@]5(CC[C@]6(C)C(=CC(=O)O[C@H]6c6ccoc6)[C@@]15O4)[C@]3(C)[C@H]2[C@H](OC(C)=O)C(=O)OC. The third-order valence-corrected chi connectivity index (χ3v) is 14.8. The summed E-state index contributed by atoms with van der Waals surface area (Å²) in [5.74, 6) is -6.66. The Labute approximate surface area is 307 Å². The highest BCUT2D eigenvalue weighted by molar-refractivity contribution is 5.88. The van der Waals surface area contributed by atoms with E-state index >= 15 is 0 Å². The lowest BCUT2D eigenvalue weighted by molar-refractivity contribution is -0.457. The molecule has 14 heteroatoms. The molecule has 288 valence electrons. The number of fused-ring (bicyclic) bond motifs is 4. The number of rotatable bonds is 8. The Hall–Kier alpha value is -3.56. The van der Waals surface area contributed by atoms with Gasteiger partial charge in [0.25, 0.3) is 5.97 Å². The summed E-state index contributed by atoms with van der Waals surface area (Å²) in [5, 5.41) is 27.3. The number of hydrogen-bond acceptors (Lipinski definition) is 14. The van der Waals surface area contributed by atoms with Gasteiger partial charge in [-0.25, -0.2) is 14.4 Å². The number of methoxy groups -OCH3 is 1. The Morgan fingerprint density at radius 1 is 1.11 bits per heavy atom. The molecule has 4 heterocycles. The molecule has 1 aromatic rings. The molecule has 0 unspecified atom stereocenters. The highest BCUT2D eigenvalue weighted by Crippen LogP contribution is 2.88. The van der Waals surface area contributed by atoms with E-state index in [4.69, 9.17) is 37.6 Å². The normalized spacial score (nSPS) is 48.2. The van der Waals surface area contributed by atoms with Crippen LogP contribution >= 0.6 is 0 Å². The Morgan fingerprint density at radius 2 is 1.83 bits per heavy atom. The van der Waals surface area contributed by atoms with Crippen LogP contribution in [-0.4, -0.2) is 87.9 Å². The maximum Gasteiger partial charge on any atom is 0.347 e. The maximum atomic E-state index is 13.9. The Kier molecular flexibility index (Phi) is 7.43. The maximum absolute atomic E-state index is 13.9. The summed E-state index contributed by atoms with van der Waals surface area (Å²) in [4.78, 5) is 54.3. The van der Waals surface area contributed by atoms with E-state index in [2.05, 4.69) is 0 Å². The summed E-state index contributed by atoms with van der Waals surface area (Å²) in [6, 6.07) is 1.71. The van der Waals surface area contributed by atoms with Crippen LogP contribution in [-0.2, 0) is 52.3 Å². The first-order valence-electron chi connectivity index (χ1n) is 18.4. The van der Waals surface area contributed by atoms with Crippen molar-refractivity contribution in [3.05, 3.63) is 47.5 Å². The molecule has 3 aliphatic heterocycles. The minimum absolute atomic E-state index is 0.155. The third-order valence-electron chi connectivity index (χ3n) is 14.8. The number of hydrogen-bond donors (Lipinski definition) is 2. The highest BCUT2D eigenvalue weighted by atomic mass is 17.0. The molecule has 4 aliphatic carbocycles. The minimum Gasteiger partial charge on any atom is -0.472 e. The first kappa shape index (κ1) is 36.4. The number of allylic oxidation sites excluding steroid dienone is 1. The Bertz CT molecular complexity index is 1870. The zero-order chi connectivity index (χ0) is 38.5. The van der Waals surface area contributed by atoms with Gasteiger partial charge in [0.05, 0.1) is 19.6 Å². The van der Waals surface area contributed by atoms with Crippen LogP contribution < -0.4 is 0 Å². The molecule has 6 fully saturated rings. The van der Waals surface area contributed by atoms with Crippen molar-refractivity contribution in [2.75, 3.05) is 7.11 Å². The predicted octanol–water partition coefficient (Wildman–Crippen LogP) is 3.73. The number of furan rings is 1. The van der Waals surface area contributed by atoms with E-state index < -0.39 is 105 Å². The van der Waals surface area contributed by atoms with Crippen LogP contribution in [0.15, 0.2) is 46.3 Å². The van der Waals surface area contributed by atoms with Crippen molar-refractivity contribution in [1.82, 2.24) is 0 Å². The second-order valence-electron chi connectivity index (χ2n) is 16.9. The summed E-state index contributed by atoms with van der Waals surface area (Å²) >= 11 is 0. The van der Waals surface area contributed by atoms with Crippen molar-refractivity contribution >= 4 is 23.9 Å². The summed E-state index contributed by atoms with van der Waals surface area (Å²) in [6.45, 7) is 13.5. The van der Waals surface area contributed by atoms with E-state index in [-0.39, 0.29) is 18.4 Å². The molecule has 7 aliphatic rings. The zero-order valence-electron chi connectivity index (χ0n) is 31.5.